The summed E-state index contributed by atoms with van der Waals surface area (Å²) in [5.74, 6) is 0.322. The van der Waals surface area contributed by atoms with Gasteiger partial charge in [0.2, 0.25) is 0 Å². The molecule has 0 amide bonds. The molecule has 1 fully saturated rings. The van der Waals surface area contributed by atoms with Crippen LogP contribution < -0.4 is 10.6 Å². The first-order valence-corrected chi connectivity index (χ1v) is 6.76. The predicted molar refractivity (Wildman–Crippen MR) is 70.9 cm³/mol. The Bertz CT molecular complexity index is 458. The zero-order valence-corrected chi connectivity index (χ0v) is 12.0. The van der Waals surface area contributed by atoms with Crippen molar-refractivity contribution in [2.75, 3.05) is 18.5 Å². The van der Waals surface area contributed by atoms with Crippen LogP contribution in [0.4, 0.5) is 19.0 Å². The van der Waals surface area contributed by atoms with Gasteiger partial charge >= 0.3 is 6.18 Å². The van der Waals surface area contributed by atoms with Crippen molar-refractivity contribution in [3.8, 4) is 0 Å². The van der Waals surface area contributed by atoms with Gasteiger partial charge in [-0.2, -0.15) is 13.2 Å². The van der Waals surface area contributed by atoms with Gasteiger partial charge in [-0.3, -0.25) is 0 Å². The SMILES string of the molecule is CN(CC1CC(N)C1)c1ncc(Br)cc1C(F)(F)F. The molecule has 1 saturated carbocycles. The molecule has 0 aromatic carbocycles. The summed E-state index contributed by atoms with van der Waals surface area (Å²) in [5, 5.41) is 0. The van der Waals surface area contributed by atoms with Crippen LogP contribution >= 0.6 is 15.9 Å². The Morgan fingerprint density at radius 3 is 2.63 bits per heavy atom. The number of alkyl halides is 3. The minimum Gasteiger partial charge on any atom is -0.359 e. The summed E-state index contributed by atoms with van der Waals surface area (Å²) in [6.45, 7) is 0.547. The quantitative estimate of drug-likeness (QED) is 0.921. The molecule has 106 valence electrons. The highest BCUT2D eigenvalue weighted by Gasteiger charge is 2.36. The molecule has 1 heterocycles. The summed E-state index contributed by atoms with van der Waals surface area (Å²) in [6.07, 6.45) is -1.30. The molecule has 1 aromatic heterocycles. The van der Waals surface area contributed by atoms with E-state index in [1.807, 2.05) is 0 Å². The normalized spacial score (nSPS) is 23.1. The van der Waals surface area contributed by atoms with Crippen LogP contribution in [0, 0.1) is 5.92 Å². The van der Waals surface area contributed by atoms with Gasteiger partial charge in [0.1, 0.15) is 5.82 Å². The Morgan fingerprint density at radius 1 is 1.47 bits per heavy atom. The molecule has 0 atom stereocenters. The third-order valence-electron chi connectivity index (χ3n) is 3.30. The standard InChI is InChI=1S/C12H15BrF3N3/c1-19(6-7-2-9(17)3-7)11-10(12(14,15)16)4-8(13)5-18-11/h4-5,7,9H,2-3,6,17H2,1H3. The van der Waals surface area contributed by atoms with E-state index in [0.717, 1.165) is 18.9 Å². The molecule has 0 spiro atoms. The van der Waals surface area contributed by atoms with Crippen molar-refractivity contribution < 1.29 is 13.2 Å². The molecular formula is C12H15BrF3N3. The zero-order valence-electron chi connectivity index (χ0n) is 10.4. The summed E-state index contributed by atoms with van der Waals surface area (Å²) in [6, 6.07) is 1.25. The number of aromatic nitrogens is 1. The molecule has 7 heteroatoms. The maximum atomic E-state index is 13.0. The molecule has 2 N–H and O–H groups in total. The third-order valence-corrected chi connectivity index (χ3v) is 3.74. The lowest BCUT2D eigenvalue weighted by Gasteiger charge is -2.36. The molecule has 1 aliphatic carbocycles. The van der Waals surface area contributed by atoms with Crippen molar-refractivity contribution in [2.45, 2.75) is 25.1 Å². The topological polar surface area (TPSA) is 42.1 Å². The van der Waals surface area contributed by atoms with E-state index in [2.05, 4.69) is 20.9 Å². The summed E-state index contributed by atoms with van der Waals surface area (Å²) in [5.41, 5.74) is 4.97. The van der Waals surface area contributed by atoms with Crippen LogP contribution in [0.25, 0.3) is 0 Å². The van der Waals surface area contributed by atoms with E-state index in [4.69, 9.17) is 5.73 Å². The minimum atomic E-state index is -4.41. The summed E-state index contributed by atoms with van der Waals surface area (Å²) >= 11 is 3.02. The highest BCUT2D eigenvalue weighted by Crippen LogP contribution is 2.37. The number of hydrogen-bond donors (Lipinski definition) is 1. The molecule has 0 radical (unpaired) electrons. The van der Waals surface area contributed by atoms with E-state index in [0.29, 0.717) is 16.9 Å². The lowest BCUT2D eigenvalue weighted by atomic mass is 9.80. The van der Waals surface area contributed by atoms with E-state index in [9.17, 15) is 13.2 Å². The Balaban J connectivity index is 2.18. The second-order valence-corrected chi connectivity index (χ2v) is 5.92. The lowest BCUT2D eigenvalue weighted by molar-refractivity contribution is -0.137. The summed E-state index contributed by atoms with van der Waals surface area (Å²) in [4.78, 5) is 5.46. The molecule has 3 nitrogen and oxygen atoms in total. The average molecular weight is 338 g/mol. The number of pyridine rings is 1. The Morgan fingerprint density at radius 2 is 2.11 bits per heavy atom. The average Bonchev–Trinajstić information content (AvgIpc) is 2.25. The Kier molecular flexibility index (Phi) is 4.06. The first-order valence-electron chi connectivity index (χ1n) is 5.97. The van der Waals surface area contributed by atoms with Gasteiger partial charge in [-0.25, -0.2) is 4.98 Å². The van der Waals surface area contributed by atoms with Crippen LogP contribution in [0.1, 0.15) is 18.4 Å². The largest absolute Gasteiger partial charge is 0.419 e. The van der Waals surface area contributed by atoms with Crippen molar-refractivity contribution >= 4 is 21.7 Å². The second kappa shape index (κ2) is 5.28. The molecule has 1 aromatic rings. The molecule has 0 bridgehead atoms. The van der Waals surface area contributed by atoms with Gasteiger partial charge in [0.15, 0.2) is 0 Å². The molecular weight excluding hydrogens is 323 g/mol. The zero-order chi connectivity index (χ0) is 14.2. The van der Waals surface area contributed by atoms with E-state index >= 15 is 0 Å². The van der Waals surface area contributed by atoms with Gasteiger partial charge in [-0.15, -0.1) is 0 Å². The molecule has 0 saturated heterocycles. The fourth-order valence-corrected chi connectivity index (χ4v) is 2.69. The number of halogens is 4. The van der Waals surface area contributed by atoms with Crippen LogP contribution in [0.2, 0.25) is 0 Å². The first kappa shape index (κ1) is 14.6. The Hall–Kier alpha value is -0.820. The first-order chi connectivity index (χ1) is 8.77. The third kappa shape index (κ3) is 3.39. The van der Waals surface area contributed by atoms with Gasteiger partial charge < -0.3 is 10.6 Å². The van der Waals surface area contributed by atoms with Crippen LogP contribution in [0.3, 0.4) is 0 Å². The van der Waals surface area contributed by atoms with E-state index in [1.165, 1.54) is 6.20 Å². The number of anilines is 1. The summed E-state index contributed by atoms with van der Waals surface area (Å²) in [7, 11) is 1.63. The van der Waals surface area contributed by atoms with Crippen molar-refractivity contribution in [3.05, 3.63) is 22.3 Å². The predicted octanol–water partition coefficient (Wildman–Crippen LogP) is 3.04. The van der Waals surface area contributed by atoms with Gasteiger partial charge in [0.25, 0.3) is 0 Å². The molecule has 2 rings (SSSR count). The fraction of sp³-hybridized carbons (Fsp3) is 0.583. The number of nitrogens with zero attached hydrogens (tertiary/aromatic N) is 2. The Labute approximate surface area is 118 Å². The molecule has 0 unspecified atom stereocenters. The van der Waals surface area contributed by atoms with Crippen LogP contribution in [0.5, 0.6) is 0 Å². The van der Waals surface area contributed by atoms with Gasteiger partial charge in [0.05, 0.1) is 5.56 Å². The minimum absolute atomic E-state index is 0.0313. The molecule has 0 aliphatic heterocycles. The maximum Gasteiger partial charge on any atom is 0.419 e. The van der Waals surface area contributed by atoms with Crippen LogP contribution in [0.15, 0.2) is 16.7 Å². The van der Waals surface area contributed by atoms with E-state index < -0.39 is 11.7 Å². The second-order valence-electron chi connectivity index (χ2n) is 5.00. The highest BCUT2D eigenvalue weighted by molar-refractivity contribution is 9.10. The van der Waals surface area contributed by atoms with Gasteiger partial charge in [-0.05, 0) is 40.8 Å². The number of rotatable bonds is 3. The van der Waals surface area contributed by atoms with Crippen LogP contribution in [-0.4, -0.2) is 24.6 Å². The van der Waals surface area contributed by atoms with Crippen molar-refractivity contribution in [1.29, 1.82) is 0 Å². The highest BCUT2D eigenvalue weighted by atomic mass is 79.9. The van der Waals surface area contributed by atoms with Crippen molar-refractivity contribution in [1.82, 2.24) is 4.98 Å². The maximum absolute atomic E-state index is 13.0. The lowest BCUT2D eigenvalue weighted by Crippen LogP contribution is -2.42. The number of nitrogens with two attached hydrogens (primary N) is 1. The van der Waals surface area contributed by atoms with E-state index in [-0.39, 0.29) is 11.9 Å². The van der Waals surface area contributed by atoms with Crippen LogP contribution in [-0.2, 0) is 6.18 Å². The van der Waals surface area contributed by atoms with Gasteiger partial charge in [-0.1, -0.05) is 0 Å². The number of hydrogen-bond acceptors (Lipinski definition) is 3. The smallest absolute Gasteiger partial charge is 0.359 e. The van der Waals surface area contributed by atoms with Gasteiger partial charge in [0, 0.05) is 30.3 Å². The van der Waals surface area contributed by atoms with Crippen molar-refractivity contribution in [2.24, 2.45) is 11.7 Å². The summed E-state index contributed by atoms with van der Waals surface area (Å²) < 4.78 is 39.3. The fourth-order valence-electron chi connectivity index (χ4n) is 2.35. The monoisotopic (exact) mass is 337 g/mol. The molecule has 1 aliphatic rings. The van der Waals surface area contributed by atoms with E-state index in [1.54, 1.807) is 11.9 Å². The molecule has 19 heavy (non-hydrogen) atoms. The van der Waals surface area contributed by atoms with Crippen molar-refractivity contribution in [3.63, 3.8) is 0 Å².